The molecular weight excluding hydrogens is 381 g/mol. The van der Waals surface area contributed by atoms with E-state index in [-0.39, 0.29) is 12.0 Å². The minimum atomic E-state index is -4.28. The normalized spacial score (nSPS) is 20.0. The summed E-state index contributed by atoms with van der Waals surface area (Å²) in [6, 6.07) is 1.77. The summed E-state index contributed by atoms with van der Waals surface area (Å²) in [6.45, 7) is 0.362. The third-order valence-electron chi connectivity index (χ3n) is 4.00. The number of hydrogen-bond acceptors (Lipinski definition) is 2. The zero-order chi connectivity index (χ0) is 16.0. The highest BCUT2D eigenvalue weighted by Gasteiger charge is 2.48. The van der Waals surface area contributed by atoms with Crippen molar-refractivity contribution >= 4 is 27.5 Å². The van der Waals surface area contributed by atoms with E-state index < -0.39 is 11.7 Å². The Hall–Kier alpha value is -1.01. The van der Waals surface area contributed by atoms with Crippen LogP contribution < -0.4 is 0 Å². The fourth-order valence-electron chi connectivity index (χ4n) is 2.71. The second-order valence-corrected chi connectivity index (χ2v) is 7.02. The Bertz CT molecular complexity index is 651. The summed E-state index contributed by atoms with van der Waals surface area (Å²) in [5.74, 6) is 0. The molecule has 0 N–H and O–H groups in total. The van der Waals surface area contributed by atoms with Crippen LogP contribution in [0, 0.1) is 0 Å². The van der Waals surface area contributed by atoms with E-state index >= 15 is 0 Å². The fraction of sp³-hybridized carbons (Fsp3) is 0.400. The molecule has 2 heterocycles. The molecule has 0 radical (unpaired) electrons. The Kier molecular flexibility index (Phi) is 4.01. The second kappa shape index (κ2) is 5.57. The van der Waals surface area contributed by atoms with E-state index in [0.29, 0.717) is 11.6 Å². The molecule has 1 saturated carbocycles. The van der Waals surface area contributed by atoms with Crippen molar-refractivity contribution in [1.29, 1.82) is 0 Å². The molecule has 0 aromatic carbocycles. The Labute approximate surface area is 139 Å². The lowest BCUT2D eigenvalue weighted by molar-refractivity contribution is -0.0953. The largest absolute Gasteiger partial charge is 0.414 e. The van der Waals surface area contributed by atoms with Gasteiger partial charge in [-0.15, -0.1) is 0 Å². The first kappa shape index (κ1) is 15.9. The van der Waals surface area contributed by atoms with Crippen LogP contribution in [-0.2, 0) is 5.41 Å². The van der Waals surface area contributed by atoms with Crippen LogP contribution in [0.3, 0.4) is 0 Å². The standard InChI is InChI=1S/C15H13BrClF3N2/c16-11-6-12(17)13(21-7-11)14(3-4-14)9-22-5-1-2-10(8-22)15(18,19)20/h1-2,5-7H,3-4,8-9H2. The molecule has 0 atom stereocenters. The van der Waals surface area contributed by atoms with Gasteiger partial charge < -0.3 is 4.90 Å². The van der Waals surface area contributed by atoms with Gasteiger partial charge in [-0.2, -0.15) is 13.2 Å². The van der Waals surface area contributed by atoms with Crippen molar-refractivity contribution < 1.29 is 13.2 Å². The Morgan fingerprint density at radius 2 is 2.09 bits per heavy atom. The number of aromatic nitrogens is 1. The topological polar surface area (TPSA) is 16.1 Å². The van der Waals surface area contributed by atoms with Gasteiger partial charge in [0.2, 0.25) is 0 Å². The van der Waals surface area contributed by atoms with Gasteiger partial charge in [0.25, 0.3) is 0 Å². The minimum absolute atomic E-state index is 0.129. The van der Waals surface area contributed by atoms with Crippen molar-refractivity contribution in [1.82, 2.24) is 9.88 Å². The minimum Gasteiger partial charge on any atom is -0.372 e. The summed E-state index contributed by atoms with van der Waals surface area (Å²) in [7, 11) is 0. The summed E-state index contributed by atoms with van der Waals surface area (Å²) in [5, 5.41) is 0.555. The summed E-state index contributed by atoms with van der Waals surface area (Å²) in [5.41, 5.74) is 0.00504. The first-order chi connectivity index (χ1) is 10.3. The van der Waals surface area contributed by atoms with Crippen LogP contribution in [0.5, 0.6) is 0 Å². The lowest BCUT2D eigenvalue weighted by atomic mass is 10.00. The van der Waals surface area contributed by atoms with Crippen molar-refractivity contribution in [3.05, 3.63) is 51.4 Å². The Balaban J connectivity index is 1.76. The van der Waals surface area contributed by atoms with Gasteiger partial charge in [-0.3, -0.25) is 4.98 Å². The van der Waals surface area contributed by atoms with E-state index in [0.717, 1.165) is 29.1 Å². The van der Waals surface area contributed by atoms with Crippen LogP contribution in [-0.4, -0.2) is 29.1 Å². The van der Waals surface area contributed by atoms with Crippen LogP contribution in [0.4, 0.5) is 13.2 Å². The van der Waals surface area contributed by atoms with Crippen LogP contribution in [0.1, 0.15) is 18.5 Å². The van der Waals surface area contributed by atoms with Gasteiger partial charge in [0.05, 0.1) is 16.3 Å². The van der Waals surface area contributed by atoms with Gasteiger partial charge in [0, 0.05) is 29.2 Å². The van der Waals surface area contributed by atoms with Crippen molar-refractivity contribution in [2.75, 3.05) is 13.1 Å². The molecule has 0 spiro atoms. The second-order valence-electron chi connectivity index (χ2n) is 5.70. The molecule has 22 heavy (non-hydrogen) atoms. The third kappa shape index (κ3) is 3.18. The zero-order valence-corrected chi connectivity index (χ0v) is 13.8. The van der Waals surface area contributed by atoms with Gasteiger partial charge in [0.15, 0.2) is 0 Å². The molecule has 2 aliphatic rings. The molecule has 1 aromatic heterocycles. The molecule has 1 fully saturated rings. The number of pyridine rings is 1. The summed E-state index contributed by atoms with van der Waals surface area (Å²) >= 11 is 9.56. The van der Waals surface area contributed by atoms with Gasteiger partial charge in [-0.05, 0) is 47.1 Å². The molecule has 0 unspecified atom stereocenters. The molecule has 0 bridgehead atoms. The number of halogens is 5. The molecule has 0 amide bonds. The Morgan fingerprint density at radius 3 is 2.68 bits per heavy atom. The van der Waals surface area contributed by atoms with Gasteiger partial charge in [0.1, 0.15) is 0 Å². The number of allylic oxidation sites excluding steroid dienone is 2. The molecule has 1 aliphatic heterocycles. The molecule has 1 aromatic rings. The number of hydrogen-bond donors (Lipinski definition) is 0. The van der Waals surface area contributed by atoms with Crippen molar-refractivity contribution in [2.24, 2.45) is 0 Å². The smallest absolute Gasteiger partial charge is 0.372 e. The highest BCUT2D eigenvalue weighted by molar-refractivity contribution is 9.10. The molecule has 118 valence electrons. The zero-order valence-electron chi connectivity index (χ0n) is 11.5. The van der Waals surface area contributed by atoms with Crippen LogP contribution in [0.25, 0.3) is 0 Å². The lowest BCUT2D eigenvalue weighted by Crippen LogP contribution is -2.34. The maximum Gasteiger partial charge on any atom is 0.414 e. The SMILES string of the molecule is FC(F)(F)C1=CC=CN(CC2(c3ncc(Br)cc3Cl)CC2)C1. The Morgan fingerprint density at radius 1 is 1.36 bits per heavy atom. The monoisotopic (exact) mass is 392 g/mol. The third-order valence-corrected chi connectivity index (χ3v) is 4.72. The molecule has 7 heteroatoms. The average molecular weight is 394 g/mol. The summed E-state index contributed by atoms with van der Waals surface area (Å²) in [4.78, 5) is 6.07. The summed E-state index contributed by atoms with van der Waals surface area (Å²) < 4.78 is 39.3. The van der Waals surface area contributed by atoms with E-state index in [4.69, 9.17) is 11.6 Å². The van der Waals surface area contributed by atoms with E-state index in [2.05, 4.69) is 20.9 Å². The van der Waals surface area contributed by atoms with Gasteiger partial charge >= 0.3 is 6.18 Å². The molecule has 1 aliphatic carbocycles. The highest BCUT2D eigenvalue weighted by Crippen LogP contribution is 2.50. The number of nitrogens with zero attached hydrogens (tertiary/aromatic N) is 2. The van der Waals surface area contributed by atoms with E-state index in [1.807, 2.05) is 0 Å². The van der Waals surface area contributed by atoms with Crippen molar-refractivity contribution in [3.63, 3.8) is 0 Å². The van der Waals surface area contributed by atoms with Crippen LogP contribution >= 0.6 is 27.5 Å². The van der Waals surface area contributed by atoms with Crippen molar-refractivity contribution in [3.8, 4) is 0 Å². The average Bonchev–Trinajstić information content (AvgIpc) is 3.18. The first-order valence-electron chi connectivity index (χ1n) is 6.80. The maximum atomic E-state index is 12.8. The molecular formula is C15H13BrClF3N2. The first-order valence-corrected chi connectivity index (χ1v) is 7.97. The molecule has 3 rings (SSSR count). The maximum absolute atomic E-state index is 12.8. The fourth-order valence-corrected chi connectivity index (χ4v) is 3.54. The quantitative estimate of drug-likeness (QED) is 0.730. The van der Waals surface area contributed by atoms with E-state index in [9.17, 15) is 13.2 Å². The predicted molar refractivity (Wildman–Crippen MR) is 82.7 cm³/mol. The molecule has 2 nitrogen and oxygen atoms in total. The van der Waals surface area contributed by atoms with E-state index in [1.54, 1.807) is 23.4 Å². The van der Waals surface area contributed by atoms with Crippen LogP contribution in [0.15, 0.2) is 40.7 Å². The highest BCUT2D eigenvalue weighted by atomic mass is 79.9. The van der Waals surface area contributed by atoms with Crippen molar-refractivity contribution in [2.45, 2.75) is 24.4 Å². The number of rotatable bonds is 3. The molecule has 0 saturated heterocycles. The van der Waals surface area contributed by atoms with Gasteiger partial charge in [-0.25, -0.2) is 0 Å². The van der Waals surface area contributed by atoms with Crippen LogP contribution in [0.2, 0.25) is 5.02 Å². The number of alkyl halides is 3. The summed E-state index contributed by atoms with van der Waals surface area (Å²) in [6.07, 6.45) is 3.43. The van der Waals surface area contributed by atoms with E-state index in [1.165, 1.54) is 6.08 Å². The lowest BCUT2D eigenvalue weighted by Gasteiger charge is -2.30. The van der Waals surface area contributed by atoms with Gasteiger partial charge in [-0.1, -0.05) is 17.7 Å². The predicted octanol–water partition coefficient (Wildman–Crippen LogP) is 4.85.